The monoisotopic (exact) mass is 478 g/mol. The lowest BCUT2D eigenvalue weighted by molar-refractivity contribution is 0.00442. The molecule has 0 bridgehead atoms. The SMILES string of the molecule is CCCCCc1cc(OCOC(=O)OCC)c(C2C=C(C)CCC2)c(OCOC(=O)OCC)c1. The van der Waals surface area contributed by atoms with Crippen molar-refractivity contribution in [3.8, 4) is 11.5 Å². The lowest BCUT2D eigenvalue weighted by Gasteiger charge is -2.25. The first-order valence-corrected chi connectivity index (χ1v) is 12.2. The average Bonchev–Trinajstić information content (AvgIpc) is 2.79. The van der Waals surface area contributed by atoms with Crippen LogP contribution in [0.25, 0.3) is 0 Å². The highest BCUT2D eigenvalue weighted by molar-refractivity contribution is 5.60. The van der Waals surface area contributed by atoms with E-state index < -0.39 is 12.3 Å². The number of unbranched alkanes of at least 4 members (excludes halogenated alkanes) is 2. The van der Waals surface area contributed by atoms with Crippen LogP contribution in [0, 0.1) is 0 Å². The minimum absolute atomic E-state index is 0.0635. The van der Waals surface area contributed by atoms with Gasteiger partial charge < -0.3 is 28.4 Å². The van der Waals surface area contributed by atoms with E-state index in [1.807, 2.05) is 12.1 Å². The molecule has 1 aliphatic rings. The fraction of sp³-hybridized carbons (Fsp3) is 0.615. The molecule has 1 unspecified atom stereocenters. The van der Waals surface area contributed by atoms with E-state index in [0.29, 0.717) is 11.5 Å². The van der Waals surface area contributed by atoms with E-state index in [9.17, 15) is 9.59 Å². The molecule has 2 rings (SSSR count). The summed E-state index contributed by atoms with van der Waals surface area (Å²) in [4.78, 5) is 23.2. The van der Waals surface area contributed by atoms with Crippen LogP contribution in [0.15, 0.2) is 23.8 Å². The van der Waals surface area contributed by atoms with E-state index in [4.69, 9.17) is 28.4 Å². The second kappa shape index (κ2) is 15.1. The quantitative estimate of drug-likeness (QED) is 0.135. The van der Waals surface area contributed by atoms with E-state index >= 15 is 0 Å². The first kappa shape index (κ1) is 27.3. The second-order valence-corrected chi connectivity index (χ2v) is 8.15. The van der Waals surface area contributed by atoms with Crippen molar-refractivity contribution in [1.82, 2.24) is 0 Å². The summed E-state index contributed by atoms with van der Waals surface area (Å²) in [6.07, 6.45) is 7.76. The molecule has 0 aliphatic heterocycles. The molecule has 0 radical (unpaired) electrons. The molecule has 1 aromatic rings. The Morgan fingerprint density at radius 1 is 0.882 bits per heavy atom. The van der Waals surface area contributed by atoms with Crippen molar-refractivity contribution in [2.24, 2.45) is 0 Å². The summed E-state index contributed by atoms with van der Waals surface area (Å²) in [7, 11) is 0. The van der Waals surface area contributed by atoms with E-state index in [0.717, 1.165) is 56.1 Å². The van der Waals surface area contributed by atoms with Crippen LogP contribution in [-0.4, -0.2) is 39.1 Å². The summed E-state index contributed by atoms with van der Waals surface area (Å²) in [5, 5.41) is 0. The van der Waals surface area contributed by atoms with E-state index in [-0.39, 0.29) is 32.7 Å². The van der Waals surface area contributed by atoms with Gasteiger partial charge in [0.15, 0.2) is 0 Å². The number of ether oxygens (including phenoxy) is 6. The fourth-order valence-electron chi connectivity index (χ4n) is 3.92. The number of aryl methyl sites for hydroxylation is 1. The molecule has 1 aliphatic carbocycles. The third-order valence-electron chi connectivity index (χ3n) is 5.48. The molecule has 1 aromatic carbocycles. The molecule has 8 nitrogen and oxygen atoms in total. The molecule has 0 fully saturated rings. The second-order valence-electron chi connectivity index (χ2n) is 8.15. The van der Waals surface area contributed by atoms with Crippen LogP contribution in [0.4, 0.5) is 9.59 Å². The minimum atomic E-state index is -0.782. The minimum Gasteiger partial charge on any atom is -0.457 e. The zero-order chi connectivity index (χ0) is 24.8. The Kier molecular flexibility index (Phi) is 12.1. The van der Waals surface area contributed by atoms with Gasteiger partial charge in [0.2, 0.25) is 13.6 Å². The standard InChI is InChI=1S/C26H38O8/c1-5-8-9-12-20-15-22(31-17-33-25(27)29-6-2)24(21-13-10-11-19(4)14-21)23(16-20)32-18-34-26(28)30-7-3/h14-16,21H,5-13,17-18H2,1-4H3. The van der Waals surface area contributed by atoms with Crippen LogP contribution >= 0.6 is 0 Å². The Hall–Kier alpha value is -2.90. The fourth-order valence-corrected chi connectivity index (χ4v) is 3.92. The summed E-state index contributed by atoms with van der Waals surface area (Å²) < 4.78 is 31.6. The van der Waals surface area contributed by atoms with Crippen molar-refractivity contribution in [3.63, 3.8) is 0 Å². The van der Waals surface area contributed by atoms with Crippen molar-refractivity contribution in [2.45, 2.75) is 78.6 Å². The maximum absolute atomic E-state index is 11.6. The Morgan fingerprint density at radius 2 is 1.47 bits per heavy atom. The number of hydrogen-bond acceptors (Lipinski definition) is 8. The maximum Gasteiger partial charge on any atom is 0.511 e. The lowest BCUT2D eigenvalue weighted by Crippen LogP contribution is -2.16. The molecule has 8 heteroatoms. The summed E-state index contributed by atoms with van der Waals surface area (Å²) in [6, 6.07) is 3.96. The lowest BCUT2D eigenvalue weighted by atomic mass is 9.84. The molecular formula is C26H38O8. The van der Waals surface area contributed by atoms with Gasteiger partial charge in [-0.2, -0.15) is 0 Å². The Bertz CT molecular complexity index is 772. The molecule has 0 N–H and O–H groups in total. The molecule has 34 heavy (non-hydrogen) atoms. The third kappa shape index (κ3) is 9.15. The smallest absolute Gasteiger partial charge is 0.457 e. The van der Waals surface area contributed by atoms with E-state index in [1.54, 1.807) is 13.8 Å². The van der Waals surface area contributed by atoms with Gasteiger partial charge in [0, 0.05) is 11.5 Å². The van der Waals surface area contributed by atoms with Gasteiger partial charge in [0.1, 0.15) is 11.5 Å². The molecule has 190 valence electrons. The van der Waals surface area contributed by atoms with Gasteiger partial charge in [-0.3, -0.25) is 0 Å². The number of rotatable bonds is 13. The zero-order valence-corrected chi connectivity index (χ0v) is 20.9. The molecule has 1 atom stereocenters. The average molecular weight is 479 g/mol. The number of benzene rings is 1. The van der Waals surface area contributed by atoms with Gasteiger partial charge in [-0.1, -0.05) is 31.4 Å². The highest BCUT2D eigenvalue weighted by Crippen LogP contribution is 2.43. The van der Waals surface area contributed by atoms with Gasteiger partial charge in [0.05, 0.1) is 13.2 Å². The predicted molar refractivity (Wildman–Crippen MR) is 127 cm³/mol. The molecule has 0 amide bonds. The Morgan fingerprint density at radius 3 is 1.97 bits per heavy atom. The largest absolute Gasteiger partial charge is 0.511 e. The van der Waals surface area contributed by atoms with Gasteiger partial charge in [-0.15, -0.1) is 0 Å². The molecule has 0 saturated carbocycles. The highest BCUT2D eigenvalue weighted by Gasteiger charge is 2.24. The van der Waals surface area contributed by atoms with Crippen molar-refractivity contribution in [3.05, 3.63) is 34.9 Å². The summed E-state index contributed by atoms with van der Waals surface area (Å²) in [6.45, 7) is 7.57. The van der Waals surface area contributed by atoms with Crippen molar-refractivity contribution >= 4 is 12.3 Å². The first-order chi connectivity index (χ1) is 16.5. The highest BCUT2D eigenvalue weighted by atomic mass is 16.8. The van der Waals surface area contributed by atoms with Gasteiger partial charge in [0.25, 0.3) is 0 Å². The normalized spacial score (nSPS) is 15.2. The maximum atomic E-state index is 11.6. The van der Waals surface area contributed by atoms with Crippen molar-refractivity contribution in [2.75, 3.05) is 26.8 Å². The van der Waals surface area contributed by atoms with Crippen LogP contribution in [0.2, 0.25) is 0 Å². The zero-order valence-electron chi connectivity index (χ0n) is 20.9. The first-order valence-electron chi connectivity index (χ1n) is 12.2. The van der Waals surface area contributed by atoms with Crippen LogP contribution in [-0.2, 0) is 25.4 Å². The number of allylic oxidation sites excluding steroid dienone is 2. The molecule has 0 aromatic heterocycles. The molecule has 0 saturated heterocycles. The van der Waals surface area contributed by atoms with E-state index in [1.165, 1.54) is 5.57 Å². The summed E-state index contributed by atoms with van der Waals surface area (Å²) in [5.74, 6) is 1.23. The van der Waals surface area contributed by atoms with Gasteiger partial charge in [-0.25, -0.2) is 9.59 Å². The van der Waals surface area contributed by atoms with Crippen molar-refractivity contribution in [1.29, 1.82) is 0 Å². The Labute approximate surface area is 202 Å². The van der Waals surface area contributed by atoms with Crippen LogP contribution in [0.1, 0.15) is 83.3 Å². The molecular weight excluding hydrogens is 440 g/mol. The third-order valence-corrected chi connectivity index (χ3v) is 5.48. The molecule has 0 spiro atoms. The van der Waals surface area contributed by atoms with Crippen LogP contribution in [0.3, 0.4) is 0 Å². The number of carbonyl (C=O) groups is 2. The van der Waals surface area contributed by atoms with Gasteiger partial charge >= 0.3 is 12.3 Å². The number of carbonyl (C=O) groups excluding carboxylic acids is 2. The van der Waals surface area contributed by atoms with E-state index in [2.05, 4.69) is 19.9 Å². The number of hydrogen-bond donors (Lipinski definition) is 0. The topological polar surface area (TPSA) is 89.5 Å². The van der Waals surface area contributed by atoms with Crippen molar-refractivity contribution < 1.29 is 38.0 Å². The predicted octanol–water partition coefficient (Wildman–Crippen LogP) is 6.65. The molecule has 0 heterocycles. The Balaban J connectivity index is 2.34. The van der Waals surface area contributed by atoms with Crippen LogP contribution in [0.5, 0.6) is 11.5 Å². The van der Waals surface area contributed by atoms with Gasteiger partial charge in [-0.05, 0) is 70.6 Å². The summed E-state index contributed by atoms with van der Waals surface area (Å²) in [5.41, 5.74) is 3.18. The summed E-state index contributed by atoms with van der Waals surface area (Å²) >= 11 is 0. The van der Waals surface area contributed by atoms with Crippen LogP contribution < -0.4 is 9.47 Å².